The summed E-state index contributed by atoms with van der Waals surface area (Å²) in [6, 6.07) is 0.564. The fourth-order valence-corrected chi connectivity index (χ4v) is 2.75. The molecule has 0 aromatic carbocycles. The maximum Gasteiger partial charge on any atom is 0.238 e. The van der Waals surface area contributed by atoms with E-state index in [0.717, 1.165) is 32.1 Å². The Morgan fingerprint density at radius 1 is 1.53 bits per heavy atom. The molecule has 1 heterocycles. The van der Waals surface area contributed by atoms with Gasteiger partial charge in [-0.1, -0.05) is 12.8 Å². The Bertz CT molecular complexity index is 265. The third kappa shape index (κ3) is 3.42. The van der Waals surface area contributed by atoms with Gasteiger partial charge in [-0.2, -0.15) is 0 Å². The van der Waals surface area contributed by atoms with Crippen molar-refractivity contribution in [2.24, 2.45) is 5.92 Å². The molecule has 2 unspecified atom stereocenters. The Hall–Kier alpha value is -0.610. The molecule has 0 bridgehead atoms. The van der Waals surface area contributed by atoms with Crippen LogP contribution in [0.15, 0.2) is 0 Å². The number of nitrogens with one attached hydrogen (secondary N) is 2. The zero-order valence-corrected chi connectivity index (χ0v) is 11.0. The Kier molecular flexibility index (Phi) is 4.40. The molecule has 2 fully saturated rings. The van der Waals surface area contributed by atoms with Crippen LogP contribution in [0.25, 0.3) is 0 Å². The Labute approximate surface area is 104 Å². The van der Waals surface area contributed by atoms with Crippen LogP contribution in [0.1, 0.15) is 33.1 Å². The van der Waals surface area contributed by atoms with Crippen molar-refractivity contribution in [2.45, 2.75) is 45.2 Å². The van der Waals surface area contributed by atoms with Gasteiger partial charge in [0.15, 0.2) is 0 Å². The highest BCUT2D eigenvalue weighted by atomic mass is 16.2. The molecule has 2 N–H and O–H groups in total. The molecule has 0 radical (unpaired) electrons. The zero-order chi connectivity index (χ0) is 12.3. The van der Waals surface area contributed by atoms with E-state index in [9.17, 15) is 4.79 Å². The summed E-state index contributed by atoms with van der Waals surface area (Å²) < 4.78 is 0. The minimum atomic E-state index is 0.0254. The Balaban J connectivity index is 1.92. The van der Waals surface area contributed by atoms with Crippen LogP contribution in [-0.4, -0.2) is 49.1 Å². The average molecular weight is 239 g/mol. The summed E-state index contributed by atoms with van der Waals surface area (Å²) >= 11 is 0. The van der Waals surface area contributed by atoms with E-state index in [1.54, 1.807) is 0 Å². The third-order valence-electron chi connectivity index (χ3n) is 3.88. The molecule has 2 atom stereocenters. The van der Waals surface area contributed by atoms with Gasteiger partial charge >= 0.3 is 0 Å². The molecule has 1 aliphatic carbocycles. The lowest BCUT2D eigenvalue weighted by molar-refractivity contribution is -0.128. The van der Waals surface area contributed by atoms with E-state index in [4.69, 9.17) is 0 Å². The molecule has 1 saturated heterocycles. The lowest BCUT2D eigenvalue weighted by Gasteiger charge is -2.39. The van der Waals surface area contributed by atoms with Crippen molar-refractivity contribution in [1.29, 1.82) is 0 Å². The normalized spacial score (nSPS) is 27.8. The maximum absolute atomic E-state index is 12.0. The topological polar surface area (TPSA) is 44.4 Å². The van der Waals surface area contributed by atoms with Crippen molar-refractivity contribution in [3.8, 4) is 0 Å². The predicted molar refractivity (Wildman–Crippen MR) is 68.9 cm³/mol. The summed E-state index contributed by atoms with van der Waals surface area (Å²) in [6.45, 7) is 7.77. The molecule has 0 spiro atoms. The van der Waals surface area contributed by atoms with Crippen LogP contribution in [0.4, 0.5) is 0 Å². The molecule has 1 aliphatic heterocycles. The first-order valence-electron chi connectivity index (χ1n) is 6.96. The molecule has 2 rings (SSSR count). The smallest absolute Gasteiger partial charge is 0.238 e. The first-order valence-corrected chi connectivity index (χ1v) is 6.96. The molecule has 1 amide bonds. The number of carbonyl (C=O) groups excluding carboxylic acids is 1. The average Bonchev–Trinajstić information content (AvgIpc) is 3.13. The van der Waals surface area contributed by atoms with Gasteiger partial charge < -0.3 is 10.6 Å². The highest BCUT2D eigenvalue weighted by Gasteiger charge is 2.34. The van der Waals surface area contributed by atoms with E-state index in [1.165, 1.54) is 19.3 Å². The predicted octanol–water partition coefficient (Wildman–Crippen LogP) is 0.585. The Morgan fingerprint density at radius 3 is 2.94 bits per heavy atom. The van der Waals surface area contributed by atoms with Gasteiger partial charge in [0, 0.05) is 32.2 Å². The van der Waals surface area contributed by atoms with E-state index >= 15 is 0 Å². The van der Waals surface area contributed by atoms with Crippen molar-refractivity contribution >= 4 is 5.91 Å². The fraction of sp³-hybridized carbons (Fsp3) is 0.923. The molecule has 0 aromatic rings. The molecular weight excluding hydrogens is 214 g/mol. The SMILES string of the molecule is CCNC(=O)C1CNCCN1C(C)CC1CC1. The number of piperazine rings is 1. The lowest BCUT2D eigenvalue weighted by atomic mass is 10.1. The minimum Gasteiger partial charge on any atom is -0.355 e. The monoisotopic (exact) mass is 239 g/mol. The largest absolute Gasteiger partial charge is 0.355 e. The van der Waals surface area contributed by atoms with Crippen molar-refractivity contribution in [1.82, 2.24) is 15.5 Å². The molecule has 1 saturated carbocycles. The maximum atomic E-state index is 12.0. The van der Waals surface area contributed by atoms with E-state index < -0.39 is 0 Å². The number of amides is 1. The number of hydrogen-bond acceptors (Lipinski definition) is 3. The van der Waals surface area contributed by atoms with E-state index in [1.807, 2.05) is 6.92 Å². The second kappa shape index (κ2) is 5.83. The van der Waals surface area contributed by atoms with Gasteiger partial charge in [0.1, 0.15) is 6.04 Å². The van der Waals surface area contributed by atoms with Crippen molar-refractivity contribution < 1.29 is 4.79 Å². The van der Waals surface area contributed by atoms with Gasteiger partial charge in [0.2, 0.25) is 5.91 Å². The van der Waals surface area contributed by atoms with Crippen molar-refractivity contribution in [2.75, 3.05) is 26.2 Å². The van der Waals surface area contributed by atoms with Crippen molar-refractivity contribution in [3.63, 3.8) is 0 Å². The van der Waals surface area contributed by atoms with Crippen molar-refractivity contribution in [3.05, 3.63) is 0 Å². The quantitative estimate of drug-likeness (QED) is 0.738. The first-order chi connectivity index (χ1) is 8.22. The second-order valence-corrected chi connectivity index (χ2v) is 5.38. The minimum absolute atomic E-state index is 0.0254. The standard InChI is InChI=1S/C13H25N3O/c1-3-15-13(17)12-9-14-6-7-16(12)10(2)8-11-4-5-11/h10-12,14H,3-9H2,1-2H3,(H,15,17). The summed E-state index contributed by atoms with van der Waals surface area (Å²) in [5, 5.41) is 6.27. The molecule has 0 aromatic heterocycles. The van der Waals surface area contributed by atoms with Crippen LogP contribution in [0.5, 0.6) is 0 Å². The number of rotatable bonds is 5. The van der Waals surface area contributed by atoms with Crippen LogP contribution in [0.2, 0.25) is 0 Å². The van der Waals surface area contributed by atoms with Gasteiger partial charge in [0.25, 0.3) is 0 Å². The summed E-state index contributed by atoms with van der Waals surface area (Å²) in [5.74, 6) is 1.11. The number of carbonyl (C=O) groups is 1. The fourth-order valence-electron chi connectivity index (χ4n) is 2.75. The number of nitrogens with zero attached hydrogens (tertiary/aromatic N) is 1. The van der Waals surface area contributed by atoms with Crippen LogP contribution in [0, 0.1) is 5.92 Å². The molecule has 17 heavy (non-hydrogen) atoms. The van der Waals surface area contributed by atoms with Gasteiger partial charge in [-0.15, -0.1) is 0 Å². The van der Waals surface area contributed by atoms with Crippen LogP contribution < -0.4 is 10.6 Å². The van der Waals surface area contributed by atoms with E-state index in [0.29, 0.717) is 6.04 Å². The zero-order valence-electron chi connectivity index (χ0n) is 11.0. The van der Waals surface area contributed by atoms with E-state index in [-0.39, 0.29) is 11.9 Å². The summed E-state index contributed by atoms with van der Waals surface area (Å²) in [7, 11) is 0. The highest BCUT2D eigenvalue weighted by Crippen LogP contribution is 2.35. The van der Waals surface area contributed by atoms with Crippen LogP contribution in [-0.2, 0) is 4.79 Å². The van der Waals surface area contributed by atoms with Crippen LogP contribution >= 0.6 is 0 Å². The molecule has 2 aliphatic rings. The summed E-state index contributed by atoms with van der Waals surface area (Å²) in [6.07, 6.45) is 4.04. The van der Waals surface area contributed by atoms with Gasteiger partial charge in [-0.25, -0.2) is 0 Å². The molecule has 4 heteroatoms. The number of likely N-dealkylation sites (N-methyl/N-ethyl adjacent to an activating group) is 1. The first kappa shape index (κ1) is 12.8. The third-order valence-corrected chi connectivity index (χ3v) is 3.88. The van der Waals surface area contributed by atoms with Gasteiger partial charge in [0.05, 0.1) is 0 Å². The molecular formula is C13H25N3O. The second-order valence-electron chi connectivity index (χ2n) is 5.38. The lowest BCUT2D eigenvalue weighted by Crippen LogP contribution is -2.60. The summed E-state index contributed by atoms with van der Waals surface area (Å²) in [5.41, 5.74) is 0. The molecule has 98 valence electrons. The molecule has 4 nitrogen and oxygen atoms in total. The highest BCUT2D eigenvalue weighted by molar-refractivity contribution is 5.82. The Morgan fingerprint density at radius 2 is 2.29 bits per heavy atom. The van der Waals surface area contributed by atoms with Gasteiger partial charge in [-0.05, 0) is 26.2 Å². The van der Waals surface area contributed by atoms with Crippen LogP contribution in [0.3, 0.4) is 0 Å². The van der Waals surface area contributed by atoms with Gasteiger partial charge in [-0.3, -0.25) is 9.69 Å². The summed E-state index contributed by atoms with van der Waals surface area (Å²) in [4.78, 5) is 14.4. The van der Waals surface area contributed by atoms with E-state index in [2.05, 4.69) is 22.5 Å². The number of hydrogen-bond donors (Lipinski definition) is 2.